The fourth-order valence-corrected chi connectivity index (χ4v) is 2.49. The molecule has 0 aliphatic heterocycles. The summed E-state index contributed by atoms with van der Waals surface area (Å²) in [5.41, 5.74) is 0.927. The Morgan fingerprint density at radius 1 is 1.29 bits per heavy atom. The second kappa shape index (κ2) is 9.65. The predicted octanol–water partition coefficient (Wildman–Crippen LogP) is 3.18. The standard InChI is InChI=1S/C17H17ClF4N4O2/c1-23-16(27)9-25-13(5-3-11-7-26-15(18)8-24-11)10-2-4-12(19)14(6-10)28-17(20,21)22/h2,4,6-8,13,25H,3,5,9H2,1H3,(H,23,27)/t13-/m1/s1. The molecule has 28 heavy (non-hydrogen) atoms. The highest BCUT2D eigenvalue weighted by atomic mass is 35.5. The number of nitrogens with one attached hydrogen (secondary N) is 2. The first-order valence-electron chi connectivity index (χ1n) is 8.13. The van der Waals surface area contributed by atoms with Crippen LogP contribution in [0, 0.1) is 5.82 Å². The van der Waals surface area contributed by atoms with E-state index in [4.69, 9.17) is 11.6 Å². The molecule has 0 saturated heterocycles. The van der Waals surface area contributed by atoms with Crippen molar-refractivity contribution in [1.29, 1.82) is 0 Å². The third-order valence-electron chi connectivity index (χ3n) is 3.73. The average Bonchev–Trinajstić information content (AvgIpc) is 2.64. The molecule has 2 N–H and O–H groups in total. The van der Waals surface area contributed by atoms with Crippen molar-refractivity contribution in [3.63, 3.8) is 0 Å². The number of amides is 1. The third kappa shape index (κ3) is 6.93. The number of ether oxygens (including phenoxy) is 1. The Morgan fingerprint density at radius 3 is 2.64 bits per heavy atom. The molecule has 0 radical (unpaired) electrons. The van der Waals surface area contributed by atoms with E-state index in [1.165, 1.54) is 25.5 Å². The number of carbonyl (C=O) groups is 1. The zero-order valence-electron chi connectivity index (χ0n) is 14.7. The van der Waals surface area contributed by atoms with Gasteiger partial charge in [-0.2, -0.15) is 0 Å². The predicted molar refractivity (Wildman–Crippen MR) is 93.3 cm³/mol. The highest BCUT2D eigenvalue weighted by molar-refractivity contribution is 6.29. The lowest BCUT2D eigenvalue weighted by Gasteiger charge is -2.20. The SMILES string of the molecule is CNC(=O)CN[C@H](CCc1cnc(Cl)cn1)c1ccc(F)c(OC(F)(F)F)c1. The van der Waals surface area contributed by atoms with Gasteiger partial charge in [0, 0.05) is 13.1 Å². The van der Waals surface area contributed by atoms with E-state index in [0.29, 0.717) is 24.1 Å². The quantitative estimate of drug-likeness (QED) is 0.641. The molecule has 0 aliphatic carbocycles. The number of carbonyl (C=O) groups excluding carboxylic acids is 1. The maximum absolute atomic E-state index is 13.7. The molecule has 0 saturated carbocycles. The lowest BCUT2D eigenvalue weighted by molar-refractivity contribution is -0.275. The monoisotopic (exact) mass is 420 g/mol. The van der Waals surface area contributed by atoms with Crippen molar-refractivity contribution >= 4 is 17.5 Å². The topological polar surface area (TPSA) is 76.1 Å². The molecular formula is C17H17ClF4N4O2. The number of likely N-dealkylation sites (N-methyl/N-ethyl adjacent to an activating group) is 1. The van der Waals surface area contributed by atoms with E-state index in [0.717, 1.165) is 12.1 Å². The molecule has 1 amide bonds. The van der Waals surface area contributed by atoms with Gasteiger partial charge in [0.25, 0.3) is 0 Å². The molecule has 0 spiro atoms. The van der Waals surface area contributed by atoms with E-state index >= 15 is 0 Å². The number of aromatic nitrogens is 2. The van der Waals surface area contributed by atoms with Crippen LogP contribution >= 0.6 is 11.6 Å². The number of alkyl halides is 3. The second-order valence-corrected chi connectivity index (χ2v) is 6.10. The van der Waals surface area contributed by atoms with Crippen LogP contribution in [0.4, 0.5) is 17.6 Å². The minimum absolute atomic E-state index is 0.0830. The summed E-state index contributed by atoms with van der Waals surface area (Å²) in [6.07, 6.45) is -1.44. The molecule has 2 rings (SSSR count). The van der Waals surface area contributed by atoms with Crippen LogP contribution in [0.1, 0.15) is 23.7 Å². The average molecular weight is 421 g/mol. The molecular weight excluding hydrogens is 404 g/mol. The van der Waals surface area contributed by atoms with E-state index in [9.17, 15) is 22.4 Å². The lowest BCUT2D eigenvalue weighted by Crippen LogP contribution is -2.34. The second-order valence-electron chi connectivity index (χ2n) is 5.71. The summed E-state index contributed by atoms with van der Waals surface area (Å²) in [4.78, 5) is 19.5. The highest BCUT2D eigenvalue weighted by Gasteiger charge is 2.32. The molecule has 2 aromatic rings. The van der Waals surface area contributed by atoms with Gasteiger partial charge in [-0.3, -0.25) is 9.78 Å². The molecule has 0 bridgehead atoms. The Morgan fingerprint density at radius 2 is 2.04 bits per heavy atom. The van der Waals surface area contributed by atoms with Crippen molar-refractivity contribution in [2.45, 2.75) is 25.2 Å². The summed E-state index contributed by atoms with van der Waals surface area (Å²) in [7, 11) is 1.45. The molecule has 1 aromatic carbocycles. The third-order valence-corrected chi connectivity index (χ3v) is 3.93. The maximum atomic E-state index is 13.7. The Kier molecular flexibility index (Phi) is 7.53. The summed E-state index contributed by atoms with van der Waals surface area (Å²) in [6.45, 7) is -0.0830. The smallest absolute Gasteiger partial charge is 0.403 e. The van der Waals surface area contributed by atoms with Crippen LogP contribution < -0.4 is 15.4 Å². The minimum Gasteiger partial charge on any atom is -0.403 e. The first-order chi connectivity index (χ1) is 13.2. The number of aryl methyl sites for hydroxylation is 1. The zero-order valence-corrected chi connectivity index (χ0v) is 15.4. The van der Waals surface area contributed by atoms with Gasteiger partial charge in [-0.05, 0) is 30.5 Å². The largest absolute Gasteiger partial charge is 0.573 e. The number of nitrogens with zero attached hydrogens (tertiary/aromatic N) is 2. The van der Waals surface area contributed by atoms with Crippen LogP contribution in [-0.2, 0) is 11.2 Å². The molecule has 0 aliphatic rings. The van der Waals surface area contributed by atoms with Crippen molar-refractivity contribution in [1.82, 2.24) is 20.6 Å². The molecule has 6 nitrogen and oxygen atoms in total. The number of rotatable bonds is 8. The molecule has 11 heteroatoms. The van der Waals surface area contributed by atoms with Gasteiger partial charge in [0.15, 0.2) is 11.6 Å². The van der Waals surface area contributed by atoms with Gasteiger partial charge < -0.3 is 15.4 Å². The van der Waals surface area contributed by atoms with E-state index in [1.54, 1.807) is 0 Å². The highest BCUT2D eigenvalue weighted by Crippen LogP contribution is 2.29. The fraction of sp³-hybridized carbons (Fsp3) is 0.353. The van der Waals surface area contributed by atoms with Crippen molar-refractivity contribution < 1.29 is 27.1 Å². The Bertz CT molecular complexity index is 803. The first-order valence-corrected chi connectivity index (χ1v) is 8.51. The Balaban J connectivity index is 2.20. The van der Waals surface area contributed by atoms with Crippen LogP contribution in [0.2, 0.25) is 5.15 Å². The van der Waals surface area contributed by atoms with Crippen LogP contribution in [0.5, 0.6) is 5.75 Å². The van der Waals surface area contributed by atoms with E-state index in [1.807, 2.05) is 0 Å². The van der Waals surface area contributed by atoms with E-state index < -0.39 is 24.0 Å². The van der Waals surface area contributed by atoms with Crippen LogP contribution in [0.15, 0.2) is 30.6 Å². The van der Waals surface area contributed by atoms with Gasteiger partial charge in [0.1, 0.15) is 5.15 Å². The molecule has 0 fully saturated rings. The summed E-state index contributed by atoms with van der Waals surface area (Å²) < 4.78 is 54.8. The molecule has 152 valence electrons. The zero-order chi connectivity index (χ0) is 20.7. The van der Waals surface area contributed by atoms with Crippen molar-refractivity contribution in [3.8, 4) is 5.75 Å². The van der Waals surface area contributed by atoms with E-state index in [-0.39, 0.29) is 17.6 Å². The first kappa shape index (κ1) is 21.8. The van der Waals surface area contributed by atoms with Gasteiger partial charge in [-0.1, -0.05) is 17.7 Å². The van der Waals surface area contributed by atoms with Gasteiger partial charge in [0.2, 0.25) is 5.91 Å². The van der Waals surface area contributed by atoms with Gasteiger partial charge in [0.05, 0.1) is 24.6 Å². The summed E-state index contributed by atoms with van der Waals surface area (Å²) in [5.74, 6) is -2.40. The van der Waals surface area contributed by atoms with Gasteiger partial charge in [-0.15, -0.1) is 13.2 Å². The summed E-state index contributed by atoms with van der Waals surface area (Å²) in [6, 6.07) is 2.60. The molecule has 1 aromatic heterocycles. The molecule has 1 atom stereocenters. The van der Waals surface area contributed by atoms with Crippen molar-refractivity contribution in [2.75, 3.05) is 13.6 Å². The maximum Gasteiger partial charge on any atom is 0.573 e. The number of hydrogen-bond donors (Lipinski definition) is 2. The van der Waals surface area contributed by atoms with Gasteiger partial charge >= 0.3 is 6.36 Å². The van der Waals surface area contributed by atoms with Crippen LogP contribution in [-0.4, -0.2) is 35.8 Å². The fourth-order valence-electron chi connectivity index (χ4n) is 2.39. The molecule has 1 heterocycles. The molecule has 0 unspecified atom stereocenters. The van der Waals surface area contributed by atoms with Crippen LogP contribution in [0.25, 0.3) is 0 Å². The van der Waals surface area contributed by atoms with Crippen molar-refractivity contribution in [3.05, 3.63) is 52.8 Å². The Hall–Kier alpha value is -2.46. The van der Waals surface area contributed by atoms with Gasteiger partial charge in [-0.25, -0.2) is 9.37 Å². The van der Waals surface area contributed by atoms with E-state index in [2.05, 4.69) is 25.3 Å². The van der Waals surface area contributed by atoms with Crippen molar-refractivity contribution in [2.24, 2.45) is 0 Å². The normalized spacial score (nSPS) is 12.5. The lowest BCUT2D eigenvalue weighted by atomic mass is 10.0. The minimum atomic E-state index is -5.02. The number of benzene rings is 1. The summed E-state index contributed by atoms with van der Waals surface area (Å²) >= 11 is 5.68. The number of halogens is 5. The Labute approximate surface area is 163 Å². The summed E-state index contributed by atoms with van der Waals surface area (Å²) in [5, 5.41) is 5.59. The van der Waals surface area contributed by atoms with Crippen LogP contribution in [0.3, 0.4) is 0 Å². The number of hydrogen-bond acceptors (Lipinski definition) is 5.